The lowest BCUT2D eigenvalue weighted by Gasteiger charge is -2.17. The lowest BCUT2D eigenvalue weighted by molar-refractivity contribution is 0.200. The van der Waals surface area contributed by atoms with Crippen molar-refractivity contribution in [3.63, 3.8) is 0 Å². The molecule has 0 spiro atoms. The van der Waals surface area contributed by atoms with Crippen molar-refractivity contribution in [3.05, 3.63) is 53.9 Å². The summed E-state index contributed by atoms with van der Waals surface area (Å²) in [5, 5.41) is 9.51. The fourth-order valence-electron chi connectivity index (χ4n) is 3.18. The van der Waals surface area contributed by atoms with Crippen molar-refractivity contribution in [1.82, 2.24) is 4.98 Å². The molecule has 1 fully saturated rings. The summed E-state index contributed by atoms with van der Waals surface area (Å²) in [6, 6.07) is 12.1. The van der Waals surface area contributed by atoms with E-state index in [0.717, 1.165) is 35.5 Å². The summed E-state index contributed by atoms with van der Waals surface area (Å²) in [5.74, 6) is 1.32. The lowest BCUT2D eigenvalue weighted by Crippen LogP contribution is -2.12. The molecule has 1 heterocycles. The molecule has 0 aliphatic heterocycles. The zero-order valence-electron chi connectivity index (χ0n) is 13.9. The molecule has 124 valence electrons. The van der Waals surface area contributed by atoms with Gasteiger partial charge in [0.15, 0.2) is 11.5 Å². The third-order valence-electron chi connectivity index (χ3n) is 4.51. The van der Waals surface area contributed by atoms with E-state index in [1.54, 1.807) is 19.5 Å². The minimum atomic E-state index is -0.216. The van der Waals surface area contributed by atoms with Crippen LogP contribution in [0.2, 0.25) is 0 Å². The molecule has 1 aromatic heterocycles. The van der Waals surface area contributed by atoms with Crippen LogP contribution >= 0.6 is 0 Å². The Kier molecular flexibility index (Phi) is 5.32. The Hall–Kier alpha value is -2.54. The summed E-state index contributed by atoms with van der Waals surface area (Å²) in [5.41, 5.74) is 2.01. The van der Waals surface area contributed by atoms with Crippen molar-refractivity contribution in [2.24, 2.45) is 0 Å². The van der Waals surface area contributed by atoms with Crippen LogP contribution in [0.15, 0.2) is 42.7 Å². The van der Waals surface area contributed by atoms with Gasteiger partial charge in [-0.3, -0.25) is 4.98 Å². The zero-order chi connectivity index (χ0) is 16.8. The van der Waals surface area contributed by atoms with E-state index < -0.39 is 0 Å². The van der Waals surface area contributed by atoms with Crippen LogP contribution in [0.4, 0.5) is 0 Å². The minimum absolute atomic E-state index is 0.216. The SMILES string of the molecule is COc1ccc(CC(C#N)c2cccnc2)cc1OC1CCCC1. The second kappa shape index (κ2) is 7.83. The maximum absolute atomic E-state index is 9.51. The molecule has 0 radical (unpaired) electrons. The molecule has 24 heavy (non-hydrogen) atoms. The molecule has 0 amide bonds. The molecule has 0 saturated heterocycles. The molecule has 1 aliphatic rings. The van der Waals surface area contributed by atoms with E-state index >= 15 is 0 Å². The first-order chi connectivity index (χ1) is 11.8. The van der Waals surface area contributed by atoms with Crippen molar-refractivity contribution in [1.29, 1.82) is 5.26 Å². The number of rotatable bonds is 6. The number of hydrogen-bond donors (Lipinski definition) is 0. The molecule has 1 saturated carbocycles. The Labute approximate surface area is 143 Å². The van der Waals surface area contributed by atoms with Gasteiger partial charge in [0.2, 0.25) is 0 Å². The molecule has 1 atom stereocenters. The third-order valence-corrected chi connectivity index (χ3v) is 4.51. The number of benzene rings is 1. The van der Waals surface area contributed by atoms with E-state index in [-0.39, 0.29) is 12.0 Å². The Bertz CT molecular complexity index is 703. The number of hydrogen-bond acceptors (Lipinski definition) is 4. The van der Waals surface area contributed by atoms with E-state index in [9.17, 15) is 5.26 Å². The molecule has 3 rings (SSSR count). The van der Waals surface area contributed by atoms with Gasteiger partial charge in [-0.2, -0.15) is 5.26 Å². The second-order valence-electron chi connectivity index (χ2n) is 6.18. The van der Waals surface area contributed by atoms with E-state index in [2.05, 4.69) is 11.1 Å². The average Bonchev–Trinajstić information content (AvgIpc) is 3.14. The quantitative estimate of drug-likeness (QED) is 0.797. The van der Waals surface area contributed by atoms with Gasteiger partial charge in [-0.25, -0.2) is 0 Å². The monoisotopic (exact) mass is 322 g/mol. The summed E-state index contributed by atoms with van der Waals surface area (Å²) in [7, 11) is 1.66. The first-order valence-electron chi connectivity index (χ1n) is 8.43. The number of methoxy groups -OCH3 is 1. The highest BCUT2D eigenvalue weighted by molar-refractivity contribution is 5.44. The molecule has 4 nitrogen and oxygen atoms in total. The molecule has 1 aliphatic carbocycles. The van der Waals surface area contributed by atoms with Crippen LogP contribution in [0.3, 0.4) is 0 Å². The summed E-state index contributed by atoms with van der Waals surface area (Å²) in [6.45, 7) is 0. The molecule has 0 bridgehead atoms. The van der Waals surface area contributed by atoms with Crippen LogP contribution in [0, 0.1) is 11.3 Å². The fourth-order valence-corrected chi connectivity index (χ4v) is 3.18. The van der Waals surface area contributed by atoms with Crippen molar-refractivity contribution in [3.8, 4) is 17.6 Å². The van der Waals surface area contributed by atoms with Crippen LogP contribution in [0.1, 0.15) is 42.7 Å². The highest BCUT2D eigenvalue weighted by Gasteiger charge is 2.19. The Morgan fingerprint density at radius 2 is 2.08 bits per heavy atom. The normalized spacial score (nSPS) is 15.7. The van der Waals surface area contributed by atoms with Gasteiger partial charge in [-0.1, -0.05) is 12.1 Å². The van der Waals surface area contributed by atoms with Crippen LogP contribution in [-0.4, -0.2) is 18.2 Å². The third kappa shape index (κ3) is 3.86. The number of nitrogens with zero attached hydrogens (tertiary/aromatic N) is 2. The lowest BCUT2D eigenvalue weighted by atomic mass is 9.94. The predicted molar refractivity (Wildman–Crippen MR) is 92.2 cm³/mol. The number of pyridine rings is 1. The fraction of sp³-hybridized carbons (Fsp3) is 0.400. The van der Waals surface area contributed by atoms with E-state index in [4.69, 9.17) is 9.47 Å². The standard InChI is InChI=1S/C20H22N2O2/c1-23-19-9-8-15(12-20(19)24-18-6-2-3-7-18)11-17(13-21)16-5-4-10-22-14-16/h4-5,8-10,12,14,17-18H,2-3,6-7,11H2,1H3. The van der Waals surface area contributed by atoms with Gasteiger partial charge in [0.05, 0.1) is 25.2 Å². The van der Waals surface area contributed by atoms with Gasteiger partial charge in [-0.15, -0.1) is 0 Å². The first-order valence-corrected chi connectivity index (χ1v) is 8.43. The Morgan fingerprint density at radius 3 is 2.75 bits per heavy atom. The zero-order valence-corrected chi connectivity index (χ0v) is 13.9. The van der Waals surface area contributed by atoms with E-state index in [1.165, 1.54) is 12.8 Å². The van der Waals surface area contributed by atoms with Gasteiger partial charge in [-0.05, 0) is 61.4 Å². The molecular formula is C20H22N2O2. The van der Waals surface area contributed by atoms with Gasteiger partial charge < -0.3 is 9.47 Å². The number of aromatic nitrogens is 1. The summed E-state index contributed by atoms with van der Waals surface area (Å²) in [6.07, 6.45) is 9.04. The van der Waals surface area contributed by atoms with Crippen molar-refractivity contribution >= 4 is 0 Å². The maximum atomic E-state index is 9.51. The minimum Gasteiger partial charge on any atom is -0.493 e. The molecule has 4 heteroatoms. The van der Waals surface area contributed by atoms with Crippen molar-refractivity contribution in [2.45, 2.75) is 44.1 Å². The van der Waals surface area contributed by atoms with Crippen LogP contribution in [-0.2, 0) is 6.42 Å². The molecule has 0 N–H and O–H groups in total. The van der Waals surface area contributed by atoms with Gasteiger partial charge in [0.25, 0.3) is 0 Å². The van der Waals surface area contributed by atoms with E-state index in [0.29, 0.717) is 6.42 Å². The molecular weight excluding hydrogens is 300 g/mol. The topological polar surface area (TPSA) is 55.1 Å². The number of ether oxygens (including phenoxy) is 2. The largest absolute Gasteiger partial charge is 0.493 e. The summed E-state index contributed by atoms with van der Waals surface area (Å²) in [4.78, 5) is 4.11. The van der Waals surface area contributed by atoms with Gasteiger partial charge >= 0.3 is 0 Å². The first kappa shape index (κ1) is 16.3. The highest BCUT2D eigenvalue weighted by Crippen LogP contribution is 2.33. The maximum Gasteiger partial charge on any atom is 0.161 e. The average molecular weight is 322 g/mol. The van der Waals surface area contributed by atoms with Gasteiger partial charge in [0, 0.05) is 12.4 Å². The number of nitriles is 1. The van der Waals surface area contributed by atoms with E-state index in [1.807, 2.05) is 30.3 Å². The molecule has 1 aromatic carbocycles. The smallest absolute Gasteiger partial charge is 0.161 e. The van der Waals surface area contributed by atoms with Crippen LogP contribution in [0.25, 0.3) is 0 Å². The highest BCUT2D eigenvalue weighted by atomic mass is 16.5. The Balaban J connectivity index is 1.79. The second-order valence-corrected chi connectivity index (χ2v) is 6.18. The van der Waals surface area contributed by atoms with Gasteiger partial charge in [0.1, 0.15) is 0 Å². The summed E-state index contributed by atoms with van der Waals surface area (Å²) < 4.78 is 11.6. The Morgan fingerprint density at radius 1 is 1.25 bits per heavy atom. The van der Waals surface area contributed by atoms with Crippen molar-refractivity contribution in [2.75, 3.05) is 7.11 Å². The predicted octanol–water partition coefficient (Wildman–Crippen LogP) is 4.26. The van der Waals surface area contributed by atoms with Crippen molar-refractivity contribution < 1.29 is 9.47 Å². The van der Waals surface area contributed by atoms with Crippen LogP contribution in [0.5, 0.6) is 11.5 Å². The molecule has 1 unspecified atom stereocenters. The summed E-state index contributed by atoms with van der Waals surface area (Å²) >= 11 is 0. The molecule has 2 aromatic rings. The van der Waals surface area contributed by atoms with Crippen LogP contribution < -0.4 is 9.47 Å².